The molecule has 56 heavy (non-hydrogen) atoms. The van der Waals surface area contributed by atoms with Gasteiger partial charge in [-0.25, -0.2) is 14.4 Å². The molecule has 310 valence electrons. The molecule has 0 saturated carbocycles. The molecule has 1 aromatic rings. The Morgan fingerprint density at radius 3 is 2.14 bits per heavy atom. The van der Waals surface area contributed by atoms with Gasteiger partial charge in [0.25, 0.3) is 0 Å². The zero-order valence-corrected chi connectivity index (χ0v) is 33.3. The third kappa shape index (κ3) is 15.6. The van der Waals surface area contributed by atoms with Crippen LogP contribution in [0, 0.1) is 11.8 Å². The number of nitrogens with zero attached hydrogens (tertiary/aromatic N) is 3. The second kappa shape index (κ2) is 23.3. The van der Waals surface area contributed by atoms with Crippen LogP contribution < -0.4 is 27.0 Å². The van der Waals surface area contributed by atoms with Gasteiger partial charge in [-0.1, -0.05) is 39.0 Å². The number of unbranched alkanes of at least 4 members (excludes halogenated alkanes) is 2. The first kappa shape index (κ1) is 46.5. The van der Waals surface area contributed by atoms with E-state index >= 15 is 0 Å². The van der Waals surface area contributed by atoms with E-state index in [0.29, 0.717) is 42.6 Å². The van der Waals surface area contributed by atoms with Crippen molar-refractivity contribution >= 4 is 53.4 Å². The number of imide groups is 1. The summed E-state index contributed by atoms with van der Waals surface area (Å²) >= 11 is 0. The lowest BCUT2D eigenvalue weighted by atomic mass is 9.94. The number of hydrogen-bond donors (Lipinski definition) is 5. The van der Waals surface area contributed by atoms with Gasteiger partial charge in [0.2, 0.25) is 29.5 Å². The number of hydrogen-bond acceptors (Lipinski definition) is 10. The first-order chi connectivity index (χ1) is 26.4. The molecule has 1 aromatic carbocycles. The number of urea groups is 1. The summed E-state index contributed by atoms with van der Waals surface area (Å²) < 4.78 is 9.97. The maximum Gasteiger partial charge on any atom is 0.409 e. The van der Waals surface area contributed by atoms with E-state index < -0.39 is 48.0 Å². The molecule has 9 amide bonds. The van der Waals surface area contributed by atoms with Gasteiger partial charge in [0.05, 0.1) is 7.11 Å². The van der Waals surface area contributed by atoms with Crippen molar-refractivity contribution in [1.29, 1.82) is 0 Å². The molecule has 0 aromatic heterocycles. The average molecular weight is 787 g/mol. The molecule has 1 aliphatic rings. The average Bonchev–Trinajstić information content (AvgIpc) is 3.44. The summed E-state index contributed by atoms with van der Waals surface area (Å²) in [4.78, 5) is 104. The van der Waals surface area contributed by atoms with Crippen molar-refractivity contribution in [3.05, 3.63) is 42.0 Å². The van der Waals surface area contributed by atoms with Crippen molar-refractivity contribution in [3.63, 3.8) is 0 Å². The van der Waals surface area contributed by atoms with Crippen LogP contribution in [0.1, 0.15) is 71.3 Å². The Hall–Kier alpha value is -5.68. The number of anilines is 1. The Balaban J connectivity index is 1.93. The van der Waals surface area contributed by atoms with Crippen LogP contribution >= 0.6 is 0 Å². The molecule has 6 N–H and O–H groups in total. The Morgan fingerprint density at radius 1 is 0.929 bits per heavy atom. The monoisotopic (exact) mass is 786 g/mol. The number of carbonyl (C=O) groups is 8. The number of likely N-dealkylation sites (tertiary alicyclic amines) is 1. The Morgan fingerprint density at radius 2 is 1.57 bits per heavy atom. The van der Waals surface area contributed by atoms with Gasteiger partial charge < -0.3 is 46.3 Å². The van der Waals surface area contributed by atoms with Crippen LogP contribution in [0.2, 0.25) is 0 Å². The van der Waals surface area contributed by atoms with E-state index in [1.165, 1.54) is 28.9 Å². The van der Waals surface area contributed by atoms with Gasteiger partial charge in [-0.2, -0.15) is 0 Å². The number of benzene rings is 1. The van der Waals surface area contributed by atoms with Crippen LogP contribution in [0.15, 0.2) is 36.4 Å². The molecule has 0 radical (unpaired) electrons. The SMILES string of the molecule is C=C(C)[C@@H](NC(=O)CCCCCN1C(=O)CC(C(C)C)C1=O)C(=O)N[C@@H](CCCNC(N)=O)C(=O)Nc1ccc(COC(=O)N(C)CCN(C)C(=O)OC)cc1. The predicted molar refractivity (Wildman–Crippen MR) is 207 cm³/mol. The zero-order valence-electron chi connectivity index (χ0n) is 33.3. The van der Waals surface area contributed by atoms with Gasteiger partial charge in [-0.15, -0.1) is 0 Å². The normalized spacial score (nSPS) is 14.7. The highest BCUT2D eigenvalue weighted by Gasteiger charge is 2.39. The van der Waals surface area contributed by atoms with E-state index in [2.05, 4.69) is 32.6 Å². The molecule has 1 aliphatic heterocycles. The molecule has 0 spiro atoms. The lowest BCUT2D eigenvalue weighted by Crippen LogP contribution is -2.53. The maximum absolute atomic E-state index is 13.4. The van der Waals surface area contributed by atoms with E-state index in [1.807, 2.05) is 13.8 Å². The van der Waals surface area contributed by atoms with Crippen molar-refractivity contribution in [1.82, 2.24) is 30.7 Å². The van der Waals surface area contributed by atoms with Crippen molar-refractivity contribution in [2.45, 2.75) is 84.4 Å². The van der Waals surface area contributed by atoms with Gasteiger partial charge in [-0.3, -0.25) is 28.9 Å². The Bertz CT molecular complexity index is 1570. The fraction of sp³-hybridized carbons (Fsp3) is 0.579. The van der Waals surface area contributed by atoms with Crippen LogP contribution in [0.4, 0.5) is 20.1 Å². The fourth-order valence-corrected chi connectivity index (χ4v) is 5.69. The van der Waals surface area contributed by atoms with Crippen LogP contribution in [-0.4, -0.2) is 122 Å². The molecular weight excluding hydrogens is 728 g/mol. The number of methoxy groups -OCH3 is 1. The predicted octanol–water partition coefficient (Wildman–Crippen LogP) is 2.48. The number of rotatable bonds is 22. The summed E-state index contributed by atoms with van der Waals surface area (Å²) in [5.74, 6) is -2.14. The molecular formula is C38H58N8O10. The molecule has 3 atom stereocenters. The summed E-state index contributed by atoms with van der Waals surface area (Å²) in [5.41, 5.74) is 6.52. The third-order valence-corrected chi connectivity index (χ3v) is 9.18. The van der Waals surface area contributed by atoms with Gasteiger partial charge >= 0.3 is 18.2 Å². The summed E-state index contributed by atoms with van der Waals surface area (Å²) in [6.45, 7) is 10.1. The number of amides is 9. The molecule has 1 unspecified atom stereocenters. The molecule has 0 bridgehead atoms. The Kier molecular flexibility index (Phi) is 19.3. The van der Waals surface area contributed by atoms with E-state index in [4.69, 9.17) is 10.5 Å². The van der Waals surface area contributed by atoms with E-state index in [0.717, 1.165) is 0 Å². The van der Waals surface area contributed by atoms with Crippen molar-refractivity contribution < 1.29 is 47.8 Å². The maximum atomic E-state index is 13.4. The molecule has 18 nitrogen and oxygen atoms in total. The van der Waals surface area contributed by atoms with Crippen LogP contribution in [0.5, 0.6) is 0 Å². The largest absolute Gasteiger partial charge is 0.453 e. The van der Waals surface area contributed by atoms with E-state index in [1.54, 1.807) is 38.2 Å². The minimum Gasteiger partial charge on any atom is -0.453 e. The van der Waals surface area contributed by atoms with Crippen LogP contribution in [0.25, 0.3) is 0 Å². The second-order valence-electron chi connectivity index (χ2n) is 14.1. The summed E-state index contributed by atoms with van der Waals surface area (Å²) in [6.07, 6.45) is 1.20. The standard InChI is InChI=1S/C38H58N8O10/c1-24(2)28-22-31(48)46(35(28)51)19-10-8-9-13-30(47)43-32(25(3)4)34(50)42-29(12-11-18-40-36(39)52)33(49)41-27-16-14-26(15-17-27)23-56-38(54)45(6)21-20-44(5)37(53)55-7/h14-17,24,28-29,32H,3,8-13,18-23H2,1-2,4-7H3,(H,41,49)(H,42,50)(H,43,47)(H3,39,40,52)/t28?,29-,32+/m0/s1. The fourth-order valence-electron chi connectivity index (χ4n) is 5.69. The lowest BCUT2D eigenvalue weighted by molar-refractivity contribution is -0.140. The second-order valence-corrected chi connectivity index (χ2v) is 14.1. The molecule has 18 heteroatoms. The van der Waals surface area contributed by atoms with Gasteiger partial charge in [0.1, 0.15) is 18.7 Å². The highest BCUT2D eigenvalue weighted by molar-refractivity contribution is 6.03. The third-order valence-electron chi connectivity index (χ3n) is 9.18. The molecule has 1 heterocycles. The number of primary amides is 1. The smallest absolute Gasteiger partial charge is 0.409 e. The number of carbonyl (C=O) groups excluding carboxylic acids is 8. The summed E-state index contributed by atoms with van der Waals surface area (Å²) in [6, 6.07) is 3.56. The van der Waals surface area contributed by atoms with E-state index in [-0.39, 0.29) is 75.6 Å². The quantitative estimate of drug-likeness (QED) is 0.0654. The van der Waals surface area contributed by atoms with Crippen LogP contribution in [0.3, 0.4) is 0 Å². The first-order valence-electron chi connectivity index (χ1n) is 18.6. The highest BCUT2D eigenvalue weighted by Crippen LogP contribution is 2.26. The number of nitrogens with one attached hydrogen (secondary N) is 4. The minimum absolute atomic E-state index is 0.0523. The van der Waals surface area contributed by atoms with Crippen molar-refractivity contribution in [2.75, 3.05) is 52.7 Å². The number of nitrogens with two attached hydrogens (primary N) is 1. The zero-order chi connectivity index (χ0) is 41.9. The summed E-state index contributed by atoms with van der Waals surface area (Å²) in [5, 5.41) is 10.6. The molecule has 1 fully saturated rings. The van der Waals surface area contributed by atoms with Gasteiger partial charge in [0.15, 0.2) is 0 Å². The van der Waals surface area contributed by atoms with E-state index in [9.17, 15) is 38.4 Å². The topological polar surface area (TPSA) is 239 Å². The minimum atomic E-state index is -1.14. The highest BCUT2D eigenvalue weighted by atomic mass is 16.6. The van der Waals surface area contributed by atoms with Gasteiger partial charge in [-0.05, 0) is 61.8 Å². The molecule has 2 rings (SSSR count). The lowest BCUT2D eigenvalue weighted by Gasteiger charge is -2.23. The van der Waals surface area contributed by atoms with Gasteiger partial charge in [0, 0.05) is 64.7 Å². The number of likely N-dealkylation sites (N-methyl/N-ethyl adjacent to an activating group) is 2. The molecule has 0 aliphatic carbocycles. The van der Waals surface area contributed by atoms with Crippen molar-refractivity contribution in [3.8, 4) is 0 Å². The van der Waals surface area contributed by atoms with Crippen molar-refractivity contribution in [2.24, 2.45) is 17.6 Å². The Labute approximate surface area is 328 Å². The number of ether oxygens (including phenoxy) is 2. The summed E-state index contributed by atoms with van der Waals surface area (Å²) in [7, 11) is 4.35. The molecule has 1 saturated heterocycles. The van der Waals surface area contributed by atoms with Crippen LogP contribution in [-0.2, 0) is 40.1 Å². The first-order valence-corrected chi connectivity index (χ1v) is 18.6.